The Bertz CT molecular complexity index is 754. The molecule has 0 aliphatic carbocycles. The molecular weight excluding hydrogens is 290 g/mol. The van der Waals surface area contributed by atoms with Crippen molar-refractivity contribution in [3.8, 4) is 0 Å². The van der Waals surface area contributed by atoms with Crippen LogP contribution in [0.2, 0.25) is 5.02 Å². The van der Waals surface area contributed by atoms with Crippen molar-refractivity contribution >= 4 is 29.6 Å². The monoisotopic (exact) mass is 297 g/mol. The Balaban J connectivity index is 2.53. The fraction of sp³-hybridized carbons (Fsp3) is 0.0909. The molecule has 0 unspecified atom stereocenters. The van der Waals surface area contributed by atoms with Crippen molar-refractivity contribution in [2.45, 2.75) is 10.1 Å². The molecule has 0 aliphatic heterocycles. The lowest BCUT2D eigenvalue weighted by Gasteiger charge is -2.08. The molecule has 0 spiro atoms. The number of aldehydes is 1. The summed E-state index contributed by atoms with van der Waals surface area (Å²) in [4.78, 5) is 37.4. The summed E-state index contributed by atoms with van der Waals surface area (Å²) in [5.74, 6) is 0. The average Bonchev–Trinajstić information content (AvgIpc) is 2.38. The fourth-order valence-corrected chi connectivity index (χ4v) is 2.56. The number of nitrogens with zero attached hydrogens (tertiary/aromatic N) is 2. The number of aromatic amines is 1. The summed E-state index contributed by atoms with van der Waals surface area (Å²) in [7, 11) is 1.54. The molecular formula is C11H8ClN3O3S. The Morgan fingerprint density at radius 1 is 1.42 bits per heavy atom. The van der Waals surface area contributed by atoms with Gasteiger partial charge in [0.15, 0.2) is 11.4 Å². The summed E-state index contributed by atoms with van der Waals surface area (Å²) in [6, 6.07) is 4.88. The van der Waals surface area contributed by atoms with Crippen LogP contribution in [0.1, 0.15) is 10.4 Å². The molecule has 0 fully saturated rings. The van der Waals surface area contributed by atoms with Gasteiger partial charge >= 0.3 is 11.1 Å². The predicted octanol–water partition coefficient (Wildman–Crippen LogP) is 1.09. The molecule has 1 aromatic carbocycles. The largest absolute Gasteiger partial charge is 0.339 e. The number of nitrogens with one attached hydrogen (secondary N) is 1. The normalized spacial score (nSPS) is 10.4. The third-order valence-electron chi connectivity index (χ3n) is 2.27. The van der Waals surface area contributed by atoms with Gasteiger partial charge in [-0.1, -0.05) is 23.7 Å². The number of hydrogen-bond donors (Lipinski definition) is 1. The zero-order valence-corrected chi connectivity index (χ0v) is 11.3. The zero-order chi connectivity index (χ0) is 14.0. The maximum atomic E-state index is 11.2. The molecule has 1 aromatic heterocycles. The second-order valence-corrected chi connectivity index (χ2v) is 4.96. The Kier molecular flexibility index (Phi) is 3.87. The quantitative estimate of drug-likeness (QED) is 0.677. The van der Waals surface area contributed by atoms with Gasteiger partial charge in [-0.3, -0.25) is 24.2 Å². The van der Waals surface area contributed by atoms with E-state index in [1.165, 1.54) is 11.7 Å². The Hall–Kier alpha value is -1.86. The van der Waals surface area contributed by atoms with Crippen LogP contribution < -0.4 is 11.1 Å². The number of carbonyl (C=O) groups excluding carboxylic acids is 1. The van der Waals surface area contributed by atoms with Crippen molar-refractivity contribution in [3.63, 3.8) is 0 Å². The van der Waals surface area contributed by atoms with E-state index in [2.05, 4.69) is 10.1 Å². The fourth-order valence-electron chi connectivity index (χ4n) is 1.37. The topological polar surface area (TPSA) is 84.8 Å². The lowest BCUT2D eigenvalue weighted by atomic mass is 10.2. The third kappa shape index (κ3) is 2.77. The first-order chi connectivity index (χ1) is 9.02. The van der Waals surface area contributed by atoms with E-state index in [9.17, 15) is 14.4 Å². The highest BCUT2D eigenvalue weighted by atomic mass is 35.5. The van der Waals surface area contributed by atoms with Crippen LogP contribution in [0.4, 0.5) is 0 Å². The van der Waals surface area contributed by atoms with Crippen LogP contribution in [0.25, 0.3) is 0 Å². The van der Waals surface area contributed by atoms with Crippen LogP contribution in [0.15, 0.2) is 37.8 Å². The standard InChI is InChI=1S/C11H8ClN3O3S/c1-15-11(13-9(17)10(18)14-15)19-8-6(5-16)3-2-4-7(8)12/h2-5H,1H3,(H,14,18). The Morgan fingerprint density at radius 3 is 2.84 bits per heavy atom. The lowest BCUT2D eigenvalue weighted by Crippen LogP contribution is -2.33. The van der Waals surface area contributed by atoms with Crippen LogP contribution in [0.3, 0.4) is 0 Å². The first kappa shape index (κ1) is 13.6. The van der Waals surface area contributed by atoms with Crippen LogP contribution in [-0.2, 0) is 7.05 Å². The SMILES string of the molecule is Cn1[nH]c(=O)c(=O)nc1Sc1c(Cl)cccc1C=O. The average molecular weight is 298 g/mol. The van der Waals surface area contributed by atoms with Gasteiger partial charge in [0, 0.05) is 17.5 Å². The van der Waals surface area contributed by atoms with Gasteiger partial charge in [-0.25, -0.2) is 0 Å². The molecule has 2 aromatic rings. The van der Waals surface area contributed by atoms with E-state index in [1.807, 2.05) is 0 Å². The number of carbonyl (C=O) groups is 1. The van der Waals surface area contributed by atoms with Crippen molar-refractivity contribution in [1.29, 1.82) is 0 Å². The second-order valence-electron chi connectivity index (χ2n) is 3.58. The molecule has 0 aliphatic rings. The minimum atomic E-state index is -0.889. The molecule has 0 radical (unpaired) electrons. The minimum Gasteiger partial charge on any atom is -0.298 e. The number of aromatic nitrogens is 3. The Morgan fingerprint density at radius 2 is 2.16 bits per heavy atom. The van der Waals surface area contributed by atoms with E-state index in [0.29, 0.717) is 21.8 Å². The van der Waals surface area contributed by atoms with Gasteiger partial charge in [-0.05, 0) is 17.8 Å². The van der Waals surface area contributed by atoms with Gasteiger partial charge < -0.3 is 0 Å². The van der Waals surface area contributed by atoms with Gasteiger partial charge in [0.2, 0.25) is 0 Å². The van der Waals surface area contributed by atoms with Crippen LogP contribution >= 0.6 is 23.4 Å². The molecule has 1 heterocycles. The highest BCUT2D eigenvalue weighted by Crippen LogP contribution is 2.33. The maximum absolute atomic E-state index is 11.2. The van der Waals surface area contributed by atoms with Crippen molar-refractivity contribution in [2.75, 3.05) is 0 Å². The van der Waals surface area contributed by atoms with E-state index in [4.69, 9.17) is 11.6 Å². The summed E-state index contributed by atoms with van der Waals surface area (Å²) < 4.78 is 1.30. The molecule has 6 nitrogen and oxygen atoms in total. The maximum Gasteiger partial charge on any atom is 0.339 e. The van der Waals surface area contributed by atoms with E-state index < -0.39 is 11.1 Å². The predicted molar refractivity (Wildman–Crippen MR) is 71.1 cm³/mol. The number of halogens is 1. The molecule has 0 saturated heterocycles. The first-order valence-electron chi connectivity index (χ1n) is 5.12. The van der Waals surface area contributed by atoms with Crippen LogP contribution in [0.5, 0.6) is 0 Å². The summed E-state index contributed by atoms with van der Waals surface area (Å²) in [5, 5.41) is 2.93. The van der Waals surface area contributed by atoms with E-state index in [1.54, 1.807) is 18.2 Å². The number of benzene rings is 1. The number of rotatable bonds is 3. The smallest absolute Gasteiger partial charge is 0.298 e. The third-order valence-corrected chi connectivity index (χ3v) is 3.90. The van der Waals surface area contributed by atoms with Gasteiger partial charge in [0.05, 0.1) is 5.02 Å². The molecule has 0 atom stereocenters. The highest BCUT2D eigenvalue weighted by molar-refractivity contribution is 7.99. The number of aryl methyl sites for hydroxylation is 1. The van der Waals surface area contributed by atoms with Crippen molar-refractivity contribution in [1.82, 2.24) is 14.8 Å². The molecule has 19 heavy (non-hydrogen) atoms. The highest BCUT2D eigenvalue weighted by Gasteiger charge is 2.12. The van der Waals surface area contributed by atoms with Crippen molar-refractivity contribution < 1.29 is 4.79 Å². The lowest BCUT2D eigenvalue weighted by molar-refractivity contribution is 0.112. The summed E-state index contributed by atoms with van der Waals surface area (Å²) >= 11 is 7.05. The first-order valence-corrected chi connectivity index (χ1v) is 6.31. The van der Waals surface area contributed by atoms with Crippen molar-refractivity contribution in [2.24, 2.45) is 7.05 Å². The molecule has 8 heteroatoms. The van der Waals surface area contributed by atoms with Gasteiger partial charge in [-0.15, -0.1) is 0 Å². The second kappa shape index (κ2) is 5.41. The van der Waals surface area contributed by atoms with E-state index >= 15 is 0 Å². The summed E-state index contributed by atoms with van der Waals surface area (Å²) in [6.07, 6.45) is 0.665. The summed E-state index contributed by atoms with van der Waals surface area (Å²) in [5.41, 5.74) is -1.31. The van der Waals surface area contributed by atoms with E-state index in [0.717, 1.165) is 11.8 Å². The van der Waals surface area contributed by atoms with E-state index in [-0.39, 0.29) is 5.16 Å². The molecule has 0 saturated carbocycles. The van der Waals surface area contributed by atoms with Gasteiger partial charge in [-0.2, -0.15) is 4.98 Å². The number of H-pyrrole nitrogens is 1. The number of hydrogen-bond acceptors (Lipinski definition) is 5. The van der Waals surface area contributed by atoms with Gasteiger partial charge in [0.25, 0.3) is 0 Å². The Labute approximate surface area is 116 Å². The summed E-state index contributed by atoms with van der Waals surface area (Å²) in [6.45, 7) is 0. The van der Waals surface area contributed by atoms with Crippen LogP contribution in [0, 0.1) is 0 Å². The minimum absolute atomic E-state index is 0.237. The molecule has 0 amide bonds. The molecule has 98 valence electrons. The zero-order valence-electron chi connectivity index (χ0n) is 9.71. The van der Waals surface area contributed by atoms with Crippen LogP contribution in [-0.4, -0.2) is 21.1 Å². The molecule has 1 N–H and O–H groups in total. The van der Waals surface area contributed by atoms with Gasteiger partial charge in [0.1, 0.15) is 0 Å². The molecule has 0 bridgehead atoms. The molecule has 2 rings (SSSR count). The van der Waals surface area contributed by atoms with Crippen molar-refractivity contribution in [3.05, 3.63) is 49.5 Å².